The number of nitrogen functional groups attached to an aromatic ring is 1. The van der Waals surface area contributed by atoms with Crippen molar-refractivity contribution < 1.29 is 8.60 Å². The van der Waals surface area contributed by atoms with E-state index in [1.807, 2.05) is 0 Å². The van der Waals surface area contributed by atoms with Gasteiger partial charge in [-0.25, -0.2) is 18.0 Å². The number of nitrogens with zero attached hydrogens (tertiary/aromatic N) is 3. The minimum absolute atomic E-state index is 0.112. The molecule has 2 atom stereocenters. The first kappa shape index (κ1) is 15.1. The zero-order valence-electron chi connectivity index (χ0n) is 12.5. The van der Waals surface area contributed by atoms with Crippen molar-refractivity contribution in [2.24, 2.45) is 15.1 Å². The first-order chi connectivity index (χ1) is 10.3. The Hall–Kier alpha value is -1.83. The number of halogens is 1. The number of nitrogens with two attached hydrogens (primary N) is 2. The highest BCUT2D eigenvalue weighted by Crippen LogP contribution is 2.36. The summed E-state index contributed by atoms with van der Waals surface area (Å²) in [5.41, 5.74) is 11.5. The normalized spacial score (nSPS) is 31.7. The van der Waals surface area contributed by atoms with Crippen molar-refractivity contribution in [3.63, 3.8) is 0 Å². The first-order valence-corrected chi connectivity index (χ1v) is 8.87. The molecule has 0 spiro atoms. The third-order valence-electron chi connectivity index (χ3n) is 4.06. The van der Waals surface area contributed by atoms with Crippen molar-refractivity contribution >= 4 is 21.6 Å². The van der Waals surface area contributed by atoms with Crippen molar-refractivity contribution in [3.8, 4) is 0 Å². The van der Waals surface area contributed by atoms with Gasteiger partial charge in [0.25, 0.3) is 0 Å². The van der Waals surface area contributed by atoms with E-state index >= 15 is 0 Å². The molecule has 0 fully saturated rings. The third-order valence-corrected chi connectivity index (χ3v) is 6.65. The molecule has 0 aliphatic carbocycles. The van der Waals surface area contributed by atoms with Gasteiger partial charge in [-0.2, -0.15) is 0 Å². The SMILES string of the molecule is C[C@@]1(c2cc(N)ccc2F)C[S@]2(=O)=NCCCCN2C(N)=N1. The lowest BCUT2D eigenvalue weighted by Crippen LogP contribution is -2.52. The summed E-state index contributed by atoms with van der Waals surface area (Å²) < 4.78 is 33.4. The topological polar surface area (TPSA) is 97.1 Å². The molecule has 1 aromatic rings. The Morgan fingerprint density at radius 1 is 1.36 bits per heavy atom. The predicted molar refractivity (Wildman–Crippen MR) is 86.0 cm³/mol. The number of hydrogen-bond acceptors (Lipinski definition) is 5. The Balaban J connectivity index is 2.16. The molecule has 2 heterocycles. The van der Waals surface area contributed by atoms with Crippen LogP contribution >= 0.6 is 0 Å². The lowest BCUT2D eigenvalue weighted by molar-refractivity contribution is 0.464. The lowest BCUT2D eigenvalue weighted by atomic mass is 9.93. The molecule has 0 saturated heterocycles. The number of benzene rings is 1. The molecule has 1 aromatic carbocycles. The highest BCUT2D eigenvalue weighted by molar-refractivity contribution is 7.92. The summed E-state index contributed by atoms with van der Waals surface area (Å²) in [4.78, 5) is 4.44. The van der Waals surface area contributed by atoms with Crippen molar-refractivity contribution in [1.29, 1.82) is 0 Å². The maximum Gasteiger partial charge on any atom is 0.204 e. The summed E-state index contributed by atoms with van der Waals surface area (Å²) in [5.74, 6) is -0.161. The smallest absolute Gasteiger partial charge is 0.204 e. The van der Waals surface area contributed by atoms with Crippen LogP contribution in [0.4, 0.5) is 10.1 Å². The van der Waals surface area contributed by atoms with E-state index in [0.717, 1.165) is 12.8 Å². The standard InChI is InChI=1S/C14H20FN5OS/c1-14(11-8-10(16)4-5-12(11)15)9-22(21)18-6-2-3-7-20(22)13(17)19-14/h4-5,8H,2-3,6-7,9,16H2,1H3,(H2,17,19)/t14-,22-/m0/s1. The van der Waals surface area contributed by atoms with E-state index in [2.05, 4.69) is 9.36 Å². The van der Waals surface area contributed by atoms with Gasteiger partial charge in [0.05, 0.1) is 12.3 Å². The zero-order valence-corrected chi connectivity index (χ0v) is 13.3. The van der Waals surface area contributed by atoms with E-state index in [1.165, 1.54) is 18.2 Å². The van der Waals surface area contributed by atoms with Gasteiger partial charge in [-0.15, -0.1) is 0 Å². The molecule has 0 saturated carbocycles. The second kappa shape index (κ2) is 5.12. The summed E-state index contributed by atoms with van der Waals surface area (Å²) in [6, 6.07) is 4.31. The van der Waals surface area contributed by atoms with Crippen LogP contribution in [0, 0.1) is 5.82 Å². The molecule has 120 valence electrons. The number of fused-ring (bicyclic) bond motifs is 1. The van der Waals surface area contributed by atoms with Gasteiger partial charge in [-0.3, -0.25) is 4.31 Å². The average Bonchev–Trinajstić information content (AvgIpc) is 2.62. The molecular formula is C14H20FN5OS. The Morgan fingerprint density at radius 2 is 2.14 bits per heavy atom. The van der Waals surface area contributed by atoms with Gasteiger partial charge in [-0.05, 0) is 38.0 Å². The van der Waals surface area contributed by atoms with Gasteiger partial charge in [0.1, 0.15) is 21.3 Å². The predicted octanol–water partition coefficient (Wildman–Crippen LogP) is 1.43. The summed E-state index contributed by atoms with van der Waals surface area (Å²) >= 11 is 0. The Bertz CT molecular complexity index is 756. The third kappa shape index (κ3) is 2.41. The fourth-order valence-electron chi connectivity index (χ4n) is 2.97. The molecule has 0 unspecified atom stereocenters. The van der Waals surface area contributed by atoms with E-state index in [9.17, 15) is 8.60 Å². The lowest BCUT2D eigenvalue weighted by Gasteiger charge is -2.38. The van der Waals surface area contributed by atoms with E-state index in [-0.39, 0.29) is 11.7 Å². The molecule has 0 bridgehead atoms. The largest absolute Gasteiger partial charge is 0.399 e. The second-order valence-corrected chi connectivity index (χ2v) is 8.10. The molecular weight excluding hydrogens is 305 g/mol. The second-order valence-electron chi connectivity index (χ2n) is 5.90. The molecule has 6 nitrogen and oxygen atoms in total. The zero-order chi connectivity index (χ0) is 16.0. The van der Waals surface area contributed by atoms with E-state index in [0.29, 0.717) is 24.3 Å². The van der Waals surface area contributed by atoms with E-state index < -0.39 is 21.3 Å². The highest BCUT2D eigenvalue weighted by atomic mass is 32.2. The summed E-state index contributed by atoms with van der Waals surface area (Å²) in [6.45, 7) is 2.81. The van der Waals surface area contributed by atoms with Gasteiger partial charge in [-0.1, -0.05) is 0 Å². The number of hydrogen-bond donors (Lipinski definition) is 2. The molecule has 0 amide bonds. The maximum absolute atomic E-state index is 14.3. The maximum atomic E-state index is 14.3. The van der Waals surface area contributed by atoms with Crippen molar-refractivity contribution in [2.75, 3.05) is 24.6 Å². The fourth-order valence-corrected chi connectivity index (χ4v) is 5.47. The minimum Gasteiger partial charge on any atom is -0.399 e. The number of rotatable bonds is 1. The van der Waals surface area contributed by atoms with E-state index in [1.54, 1.807) is 11.2 Å². The Morgan fingerprint density at radius 3 is 2.91 bits per heavy atom. The van der Waals surface area contributed by atoms with Crippen LogP contribution in [0.15, 0.2) is 27.6 Å². The Kier molecular flexibility index (Phi) is 3.51. The molecule has 4 N–H and O–H groups in total. The van der Waals surface area contributed by atoms with Crippen LogP contribution in [-0.4, -0.2) is 33.3 Å². The molecule has 22 heavy (non-hydrogen) atoms. The van der Waals surface area contributed by atoms with Crippen molar-refractivity contribution in [1.82, 2.24) is 4.31 Å². The molecule has 0 radical (unpaired) electrons. The van der Waals surface area contributed by atoms with Gasteiger partial charge < -0.3 is 11.5 Å². The van der Waals surface area contributed by atoms with Gasteiger partial charge in [0.2, 0.25) is 5.96 Å². The van der Waals surface area contributed by atoms with Gasteiger partial charge in [0, 0.05) is 17.8 Å². The van der Waals surface area contributed by atoms with E-state index in [4.69, 9.17) is 11.5 Å². The summed E-state index contributed by atoms with van der Waals surface area (Å²) in [5, 5.41) is 0. The number of aliphatic imine (C=N–C) groups is 1. The van der Waals surface area contributed by atoms with Crippen molar-refractivity contribution in [3.05, 3.63) is 29.6 Å². The van der Waals surface area contributed by atoms with Crippen molar-refractivity contribution in [2.45, 2.75) is 25.3 Å². The number of guanidine groups is 1. The summed E-state index contributed by atoms with van der Waals surface area (Å²) in [7, 11) is -2.71. The van der Waals surface area contributed by atoms with Crippen LogP contribution < -0.4 is 11.5 Å². The first-order valence-electron chi connectivity index (χ1n) is 7.23. The minimum atomic E-state index is -2.71. The van der Waals surface area contributed by atoms with Crippen LogP contribution in [0.3, 0.4) is 0 Å². The van der Waals surface area contributed by atoms with Crippen LogP contribution in [0.1, 0.15) is 25.3 Å². The van der Waals surface area contributed by atoms with Crippen LogP contribution in [-0.2, 0) is 15.5 Å². The van der Waals surface area contributed by atoms with Crippen LogP contribution in [0.25, 0.3) is 0 Å². The number of anilines is 1. The van der Waals surface area contributed by atoms with Crippen LogP contribution in [0.2, 0.25) is 0 Å². The Labute approximate surface area is 129 Å². The molecule has 2 aliphatic heterocycles. The molecule has 3 rings (SSSR count). The monoisotopic (exact) mass is 325 g/mol. The molecule has 2 aliphatic rings. The fraction of sp³-hybridized carbons (Fsp3) is 0.500. The van der Waals surface area contributed by atoms with Gasteiger partial charge >= 0.3 is 0 Å². The molecule has 8 heteroatoms. The quantitative estimate of drug-likeness (QED) is 0.764. The summed E-state index contributed by atoms with van der Waals surface area (Å²) in [6.07, 6.45) is 1.73. The van der Waals surface area contributed by atoms with Gasteiger partial charge in [0.15, 0.2) is 0 Å². The molecule has 0 aromatic heterocycles. The average molecular weight is 325 g/mol. The van der Waals surface area contributed by atoms with Crippen LogP contribution in [0.5, 0.6) is 0 Å². The highest BCUT2D eigenvalue weighted by Gasteiger charge is 2.42.